The van der Waals surface area contributed by atoms with E-state index in [1.54, 1.807) is 0 Å². The molecule has 0 atom stereocenters. The number of halogens is 1. The molecule has 7 heavy (non-hydrogen) atoms. The summed E-state index contributed by atoms with van der Waals surface area (Å²) in [6.45, 7) is -0.824. The Balaban J connectivity index is 3.34. The Morgan fingerprint density at radius 2 is 2.43 bits per heavy atom. The molecule has 0 aromatic heterocycles. The Hall–Kier alpha value is -0.800. The minimum atomic E-state index is -0.824. The first-order valence-corrected chi connectivity index (χ1v) is 1.75. The normalized spacial score (nSPS) is 8.29. The number of nitrogens with zero attached hydrogens (tertiary/aromatic N) is 1. The molecule has 2 N–H and O–H groups in total. The van der Waals surface area contributed by atoms with Crippen LogP contribution in [-0.2, 0) is 0 Å². The van der Waals surface area contributed by atoms with E-state index in [2.05, 4.69) is 5.73 Å². The van der Waals surface area contributed by atoms with Gasteiger partial charge in [-0.25, -0.2) is 9.18 Å². The zero-order chi connectivity index (χ0) is 5.86. The van der Waals surface area contributed by atoms with Crippen LogP contribution in [0.4, 0.5) is 9.18 Å². The molecule has 0 aliphatic carbocycles. The van der Waals surface area contributed by atoms with Gasteiger partial charge < -0.3 is 10.6 Å². The van der Waals surface area contributed by atoms with Crippen molar-refractivity contribution in [1.29, 1.82) is 0 Å². The molecule has 0 saturated heterocycles. The van der Waals surface area contributed by atoms with Crippen molar-refractivity contribution in [1.82, 2.24) is 4.90 Å². The van der Waals surface area contributed by atoms with Crippen molar-refractivity contribution in [2.45, 2.75) is 0 Å². The fourth-order valence-electron chi connectivity index (χ4n) is 0.0589. The standard InChI is InChI=1S/C3H7FN2O/c1-6(2-4)3(5)7/h2H2,1H3,(H2,5,7). The zero-order valence-corrected chi connectivity index (χ0v) is 4.02. The highest BCUT2D eigenvalue weighted by Gasteiger charge is 1.97. The molecule has 0 aliphatic heterocycles. The maximum absolute atomic E-state index is 11.3. The van der Waals surface area contributed by atoms with E-state index in [0.717, 1.165) is 4.90 Å². The number of hydrogen-bond acceptors (Lipinski definition) is 1. The maximum atomic E-state index is 11.3. The predicted molar refractivity (Wildman–Crippen MR) is 23.3 cm³/mol. The lowest BCUT2D eigenvalue weighted by Gasteiger charge is -2.05. The van der Waals surface area contributed by atoms with Crippen LogP contribution in [-0.4, -0.2) is 24.8 Å². The number of rotatable bonds is 1. The van der Waals surface area contributed by atoms with Crippen LogP contribution in [0, 0.1) is 0 Å². The minimum absolute atomic E-state index is 0.748. The molecule has 0 bridgehead atoms. The van der Waals surface area contributed by atoms with Crippen molar-refractivity contribution >= 4 is 6.03 Å². The average molecular weight is 106 g/mol. The number of amides is 2. The Morgan fingerprint density at radius 1 is 2.00 bits per heavy atom. The van der Waals surface area contributed by atoms with Crippen LogP contribution >= 0.6 is 0 Å². The third-order valence-corrected chi connectivity index (χ3v) is 0.556. The second-order valence-electron chi connectivity index (χ2n) is 1.16. The van der Waals surface area contributed by atoms with Gasteiger partial charge in [0.2, 0.25) is 0 Å². The van der Waals surface area contributed by atoms with Gasteiger partial charge in [0.1, 0.15) is 0 Å². The lowest BCUT2D eigenvalue weighted by atomic mass is 10.8. The summed E-state index contributed by atoms with van der Waals surface area (Å²) in [5, 5.41) is 0. The summed E-state index contributed by atoms with van der Waals surface area (Å²) in [4.78, 5) is 10.6. The van der Waals surface area contributed by atoms with Crippen molar-refractivity contribution < 1.29 is 9.18 Å². The minimum Gasteiger partial charge on any atom is -0.351 e. The number of hydrogen-bond donors (Lipinski definition) is 1. The highest BCUT2D eigenvalue weighted by Crippen LogP contribution is 1.77. The summed E-state index contributed by atoms with van der Waals surface area (Å²) in [6.07, 6.45) is 0. The van der Waals surface area contributed by atoms with Crippen LogP contribution in [0.2, 0.25) is 0 Å². The van der Waals surface area contributed by atoms with Crippen molar-refractivity contribution in [3.63, 3.8) is 0 Å². The predicted octanol–water partition coefficient (Wildman–Crippen LogP) is -0.0761. The second kappa shape index (κ2) is 2.39. The first-order valence-electron chi connectivity index (χ1n) is 1.75. The first kappa shape index (κ1) is 6.20. The molecule has 0 spiro atoms. The lowest BCUT2D eigenvalue weighted by molar-refractivity contribution is 0.196. The van der Waals surface area contributed by atoms with Gasteiger partial charge in [-0.2, -0.15) is 0 Å². The highest BCUT2D eigenvalue weighted by atomic mass is 19.1. The average Bonchev–Trinajstić information content (AvgIpc) is 1.65. The third kappa shape index (κ3) is 1.97. The van der Waals surface area contributed by atoms with Crippen LogP contribution in [0.15, 0.2) is 0 Å². The summed E-state index contributed by atoms with van der Waals surface area (Å²) >= 11 is 0. The van der Waals surface area contributed by atoms with Gasteiger partial charge in [0.15, 0.2) is 6.80 Å². The van der Waals surface area contributed by atoms with Crippen molar-refractivity contribution in [2.75, 3.05) is 13.8 Å². The number of nitrogens with two attached hydrogens (primary N) is 1. The molecule has 0 heterocycles. The number of alkyl halides is 1. The Morgan fingerprint density at radius 3 is 2.43 bits per heavy atom. The fraction of sp³-hybridized carbons (Fsp3) is 0.667. The molecule has 0 aromatic rings. The van der Waals surface area contributed by atoms with Crippen LogP contribution in [0.1, 0.15) is 0 Å². The number of carbonyl (C=O) groups excluding carboxylic acids is 1. The molecular formula is C3H7FN2O. The Labute approximate surface area is 40.9 Å². The molecular weight excluding hydrogens is 99.0 g/mol. The van der Waals surface area contributed by atoms with Gasteiger partial charge >= 0.3 is 6.03 Å². The van der Waals surface area contributed by atoms with E-state index in [1.807, 2.05) is 0 Å². The molecule has 0 saturated carbocycles. The summed E-state index contributed by atoms with van der Waals surface area (Å²) < 4.78 is 11.3. The quantitative estimate of drug-likeness (QED) is 0.467. The Kier molecular flexibility index (Phi) is 2.11. The van der Waals surface area contributed by atoms with Gasteiger partial charge in [0.05, 0.1) is 0 Å². The second-order valence-corrected chi connectivity index (χ2v) is 1.16. The fourth-order valence-corrected chi connectivity index (χ4v) is 0.0589. The van der Waals surface area contributed by atoms with Crippen LogP contribution in [0.3, 0.4) is 0 Å². The van der Waals surface area contributed by atoms with Gasteiger partial charge in [0.25, 0.3) is 0 Å². The molecule has 3 nitrogen and oxygen atoms in total. The van der Waals surface area contributed by atoms with Gasteiger partial charge in [-0.15, -0.1) is 0 Å². The molecule has 0 fully saturated rings. The largest absolute Gasteiger partial charge is 0.351 e. The van der Waals surface area contributed by atoms with Crippen LogP contribution in [0.25, 0.3) is 0 Å². The summed E-state index contributed by atoms with van der Waals surface area (Å²) in [5.74, 6) is 0. The summed E-state index contributed by atoms with van der Waals surface area (Å²) in [6, 6.07) is -0.748. The Bertz CT molecular complexity index is 75.3. The van der Waals surface area contributed by atoms with E-state index >= 15 is 0 Å². The lowest BCUT2D eigenvalue weighted by Crippen LogP contribution is -2.30. The van der Waals surface area contributed by atoms with Crippen molar-refractivity contribution in [2.24, 2.45) is 5.73 Å². The summed E-state index contributed by atoms with van der Waals surface area (Å²) in [7, 11) is 1.28. The van der Waals surface area contributed by atoms with Gasteiger partial charge in [-0.05, 0) is 0 Å². The molecule has 2 amide bonds. The van der Waals surface area contributed by atoms with E-state index in [1.165, 1.54) is 7.05 Å². The van der Waals surface area contributed by atoms with Gasteiger partial charge in [-0.1, -0.05) is 0 Å². The van der Waals surface area contributed by atoms with Gasteiger partial charge in [-0.3, -0.25) is 0 Å². The molecule has 0 aliphatic rings. The SMILES string of the molecule is CN(CF)C(N)=O. The molecule has 0 unspecified atom stereocenters. The molecule has 4 heteroatoms. The van der Waals surface area contributed by atoms with E-state index in [0.29, 0.717) is 0 Å². The first-order chi connectivity index (χ1) is 3.18. The van der Waals surface area contributed by atoms with Crippen molar-refractivity contribution in [3.05, 3.63) is 0 Å². The van der Waals surface area contributed by atoms with E-state index in [9.17, 15) is 9.18 Å². The van der Waals surface area contributed by atoms with E-state index in [-0.39, 0.29) is 0 Å². The monoisotopic (exact) mass is 106 g/mol. The van der Waals surface area contributed by atoms with E-state index < -0.39 is 12.8 Å². The molecule has 0 rings (SSSR count). The van der Waals surface area contributed by atoms with Crippen molar-refractivity contribution in [3.8, 4) is 0 Å². The number of urea groups is 1. The van der Waals surface area contributed by atoms with Crippen LogP contribution < -0.4 is 5.73 Å². The summed E-state index contributed by atoms with van der Waals surface area (Å²) in [5.41, 5.74) is 4.59. The molecule has 0 aromatic carbocycles. The molecule has 0 radical (unpaired) electrons. The number of primary amides is 1. The van der Waals surface area contributed by atoms with E-state index in [4.69, 9.17) is 0 Å². The highest BCUT2D eigenvalue weighted by molar-refractivity contribution is 5.71. The number of carbonyl (C=O) groups is 1. The third-order valence-electron chi connectivity index (χ3n) is 0.556. The molecule has 42 valence electrons. The van der Waals surface area contributed by atoms with Gasteiger partial charge in [0, 0.05) is 7.05 Å². The zero-order valence-electron chi connectivity index (χ0n) is 4.02. The topological polar surface area (TPSA) is 46.3 Å². The smallest absolute Gasteiger partial charge is 0.316 e. The maximum Gasteiger partial charge on any atom is 0.316 e. The van der Waals surface area contributed by atoms with Crippen LogP contribution in [0.5, 0.6) is 0 Å².